The Morgan fingerprint density at radius 1 is 1.22 bits per heavy atom. The minimum absolute atomic E-state index is 0.0388. The number of nitrogens with one attached hydrogen (secondary N) is 1. The van der Waals surface area contributed by atoms with Crippen LogP contribution in [0.25, 0.3) is 0 Å². The Morgan fingerprint density at radius 3 is 2.78 bits per heavy atom. The molecule has 3 amide bonds. The third-order valence-corrected chi connectivity index (χ3v) is 6.33. The molecular weight excluding hydrogens is 360 g/mol. The first-order valence-electron chi connectivity index (χ1n) is 9.18. The van der Waals surface area contributed by atoms with Crippen molar-refractivity contribution in [3.05, 3.63) is 52.7 Å². The fourth-order valence-electron chi connectivity index (χ4n) is 3.96. The highest BCUT2D eigenvalue weighted by Gasteiger charge is 2.48. The van der Waals surface area contributed by atoms with E-state index in [-0.39, 0.29) is 17.5 Å². The Kier molecular flexibility index (Phi) is 4.88. The molecule has 0 radical (unpaired) electrons. The van der Waals surface area contributed by atoms with Crippen molar-refractivity contribution >= 4 is 29.0 Å². The lowest BCUT2D eigenvalue weighted by molar-refractivity contribution is -0.123. The first-order valence-corrected chi connectivity index (χ1v) is 10.1. The summed E-state index contributed by atoms with van der Waals surface area (Å²) in [4.78, 5) is 31.0. The summed E-state index contributed by atoms with van der Waals surface area (Å²) in [5.41, 5.74) is 1.87. The fraction of sp³-hybridized carbons (Fsp3) is 0.400. The van der Waals surface area contributed by atoms with Crippen molar-refractivity contribution in [3.63, 3.8) is 0 Å². The molecule has 2 fully saturated rings. The van der Waals surface area contributed by atoms with E-state index in [2.05, 4.69) is 10.2 Å². The van der Waals surface area contributed by atoms with Gasteiger partial charge in [0.05, 0.1) is 17.8 Å². The molecule has 1 spiro atoms. The number of nitrogens with zero attached hydrogens (tertiary/aromatic N) is 3. The van der Waals surface area contributed by atoms with E-state index < -0.39 is 0 Å². The van der Waals surface area contributed by atoms with Gasteiger partial charge in [-0.2, -0.15) is 11.3 Å². The summed E-state index contributed by atoms with van der Waals surface area (Å²) in [7, 11) is 1.99. The zero-order valence-corrected chi connectivity index (χ0v) is 16.2. The quantitative estimate of drug-likeness (QED) is 0.884. The van der Waals surface area contributed by atoms with Gasteiger partial charge in [0.1, 0.15) is 0 Å². The van der Waals surface area contributed by atoms with Crippen LogP contribution in [0.15, 0.2) is 47.2 Å². The number of benzene rings is 1. The molecule has 1 atom stereocenters. The van der Waals surface area contributed by atoms with Crippen LogP contribution in [-0.4, -0.2) is 60.5 Å². The van der Waals surface area contributed by atoms with E-state index in [1.807, 2.05) is 64.0 Å². The predicted octanol–water partition coefficient (Wildman–Crippen LogP) is 2.38. The number of piperazine rings is 1. The molecule has 0 bridgehead atoms. The standard InChI is InChI=1S/C20H24N4O2S/c1-22-12-18(25)24(17-7-10-27-13-17)15-20(22)8-9-23(14-20)19(26)21-11-16-5-3-2-4-6-16/h2-7,10,13H,8-9,11-12,14-15H2,1H3,(H,21,26)/t20-/m0/s1. The molecule has 3 heterocycles. The number of hydrogen-bond donors (Lipinski definition) is 1. The molecule has 2 saturated heterocycles. The minimum atomic E-state index is -0.181. The van der Waals surface area contributed by atoms with Crippen molar-refractivity contribution in [2.45, 2.75) is 18.5 Å². The Morgan fingerprint density at radius 2 is 2.04 bits per heavy atom. The summed E-state index contributed by atoms with van der Waals surface area (Å²) in [6.07, 6.45) is 0.871. The Hall–Kier alpha value is -2.38. The highest BCUT2D eigenvalue weighted by Crippen LogP contribution is 2.34. The fourth-order valence-corrected chi connectivity index (χ4v) is 4.60. The van der Waals surface area contributed by atoms with Gasteiger partial charge in [0.2, 0.25) is 5.91 Å². The van der Waals surface area contributed by atoms with Crippen LogP contribution in [0.3, 0.4) is 0 Å². The molecule has 2 aliphatic rings. The van der Waals surface area contributed by atoms with Crippen molar-refractivity contribution in [1.29, 1.82) is 0 Å². The molecule has 6 nitrogen and oxygen atoms in total. The molecule has 0 unspecified atom stereocenters. The van der Waals surface area contributed by atoms with Crippen molar-refractivity contribution in [1.82, 2.24) is 15.1 Å². The van der Waals surface area contributed by atoms with E-state index in [1.165, 1.54) is 0 Å². The summed E-state index contributed by atoms with van der Waals surface area (Å²) in [6, 6.07) is 11.9. The Bertz CT molecular complexity index is 811. The molecule has 0 saturated carbocycles. The molecular formula is C20H24N4O2S. The predicted molar refractivity (Wildman–Crippen MR) is 107 cm³/mol. The van der Waals surface area contributed by atoms with Gasteiger partial charge in [0, 0.05) is 31.6 Å². The summed E-state index contributed by atoms with van der Waals surface area (Å²) in [5, 5.41) is 7.02. The largest absolute Gasteiger partial charge is 0.334 e. The van der Waals surface area contributed by atoms with Crippen molar-refractivity contribution in [2.75, 3.05) is 38.1 Å². The number of amides is 3. The van der Waals surface area contributed by atoms with Gasteiger partial charge in [0.15, 0.2) is 0 Å². The lowest BCUT2D eigenvalue weighted by Gasteiger charge is -2.46. The molecule has 1 aromatic heterocycles. The normalized spacial score (nSPS) is 23.2. The first kappa shape index (κ1) is 18.0. The minimum Gasteiger partial charge on any atom is -0.334 e. The number of carbonyl (C=O) groups is 2. The third kappa shape index (κ3) is 3.57. The van der Waals surface area contributed by atoms with E-state index in [1.54, 1.807) is 11.3 Å². The van der Waals surface area contributed by atoms with Gasteiger partial charge >= 0.3 is 6.03 Å². The highest BCUT2D eigenvalue weighted by atomic mass is 32.1. The van der Waals surface area contributed by atoms with E-state index in [4.69, 9.17) is 0 Å². The van der Waals surface area contributed by atoms with E-state index >= 15 is 0 Å². The van der Waals surface area contributed by atoms with Crippen LogP contribution < -0.4 is 10.2 Å². The molecule has 1 aromatic carbocycles. The molecule has 0 aliphatic carbocycles. The van der Waals surface area contributed by atoms with Crippen LogP contribution in [0, 0.1) is 0 Å². The van der Waals surface area contributed by atoms with Crippen LogP contribution in [0.2, 0.25) is 0 Å². The molecule has 2 aliphatic heterocycles. The molecule has 2 aromatic rings. The van der Waals surface area contributed by atoms with Crippen LogP contribution in [0.1, 0.15) is 12.0 Å². The number of likely N-dealkylation sites (N-methyl/N-ethyl adjacent to an activating group) is 1. The van der Waals surface area contributed by atoms with Crippen LogP contribution in [0.5, 0.6) is 0 Å². The number of hydrogen-bond acceptors (Lipinski definition) is 4. The monoisotopic (exact) mass is 384 g/mol. The maximum atomic E-state index is 12.6. The van der Waals surface area contributed by atoms with Crippen molar-refractivity contribution < 1.29 is 9.59 Å². The number of carbonyl (C=O) groups excluding carboxylic acids is 2. The van der Waals surface area contributed by atoms with Gasteiger partial charge in [-0.1, -0.05) is 30.3 Å². The van der Waals surface area contributed by atoms with E-state index in [0.717, 1.165) is 17.7 Å². The Labute approximate surface area is 163 Å². The maximum absolute atomic E-state index is 12.6. The second kappa shape index (κ2) is 7.32. The number of anilines is 1. The van der Waals surface area contributed by atoms with Gasteiger partial charge in [-0.25, -0.2) is 4.79 Å². The molecule has 1 N–H and O–H groups in total. The van der Waals surface area contributed by atoms with Gasteiger partial charge < -0.3 is 15.1 Å². The molecule has 4 rings (SSSR count). The summed E-state index contributed by atoms with van der Waals surface area (Å²) in [5.74, 6) is 0.119. The molecule has 27 heavy (non-hydrogen) atoms. The van der Waals surface area contributed by atoms with Gasteiger partial charge in [0.25, 0.3) is 0 Å². The lowest BCUT2D eigenvalue weighted by atomic mass is 9.93. The summed E-state index contributed by atoms with van der Waals surface area (Å²) >= 11 is 1.59. The lowest BCUT2D eigenvalue weighted by Crippen LogP contribution is -2.64. The Balaban J connectivity index is 1.42. The number of urea groups is 1. The zero-order valence-electron chi connectivity index (χ0n) is 15.4. The number of likely N-dealkylation sites (tertiary alicyclic amines) is 1. The topological polar surface area (TPSA) is 55.9 Å². The molecule has 142 valence electrons. The van der Waals surface area contributed by atoms with Crippen molar-refractivity contribution in [2.24, 2.45) is 0 Å². The van der Waals surface area contributed by atoms with Crippen LogP contribution in [0.4, 0.5) is 10.5 Å². The average Bonchev–Trinajstić information content (AvgIpc) is 3.35. The number of rotatable bonds is 3. The summed E-state index contributed by atoms with van der Waals surface area (Å²) < 4.78 is 0. The first-order chi connectivity index (χ1) is 13.1. The van der Waals surface area contributed by atoms with E-state index in [0.29, 0.717) is 32.7 Å². The average molecular weight is 385 g/mol. The van der Waals surface area contributed by atoms with E-state index in [9.17, 15) is 9.59 Å². The van der Waals surface area contributed by atoms with Gasteiger partial charge in [-0.3, -0.25) is 9.69 Å². The van der Waals surface area contributed by atoms with Crippen LogP contribution in [-0.2, 0) is 11.3 Å². The van der Waals surface area contributed by atoms with Gasteiger partial charge in [-0.15, -0.1) is 0 Å². The molecule has 7 heteroatoms. The summed E-state index contributed by atoms with van der Waals surface area (Å²) in [6.45, 7) is 2.88. The highest BCUT2D eigenvalue weighted by molar-refractivity contribution is 7.08. The van der Waals surface area contributed by atoms with Crippen LogP contribution >= 0.6 is 11.3 Å². The third-order valence-electron chi connectivity index (χ3n) is 5.66. The van der Waals surface area contributed by atoms with Gasteiger partial charge in [-0.05, 0) is 30.5 Å². The van der Waals surface area contributed by atoms with Crippen molar-refractivity contribution in [3.8, 4) is 0 Å². The maximum Gasteiger partial charge on any atom is 0.317 e. The number of thiophene rings is 1. The zero-order chi connectivity index (χ0) is 18.9. The second-order valence-corrected chi connectivity index (χ2v) is 8.14. The second-order valence-electron chi connectivity index (χ2n) is 7.36. The SMILES string of the molecule is CN1CC(=O)N(c2ccsc2)C[C@@]12CCN(C(=O)NCc1ccccc1)C2. The smallest absolute Gasteiger partial charge is 0.317 e.